The summed E-state index contributed by atoms with van der Waals surface area (Å²) in [7, 11) is 0. The number of hydrogen-bond acceptors (Lipinski definition) is 1. The summed E-state index contributed by atoms with van der Waals surface area (Å²) in [5.41, 5.74) is 3.22. The molecule has 0 aliphatic heterocycles. The first-order chi connectivity index (χ1) is 12.6. The molecule has 0 atom stereocenters. The zero-order valence-electron chi connectivity index (χ0n) is 14.4. The van der Waals surface area contributed by atoms with Gasteiger partial charge in [-0.05, 0) is 72.4 Å². The van der Waals surface area contributed by atoms with Crippen LogP contribution in [0.3, 0.4) is 0 Å². The largest absolute Gasteiger partial charge is 0.454 e. The van der Waals surface area contributed by atoms with Crippen LogP contribution in [0.5, 0.6) is 11.5 Å². The number of halogens is 2. The molecule has 0 heterocycles. The molecule has 3 rings (SSSR count). The molecule has 132 valence electrons. The van der Waals surface area contributed by atoms with E-state index in [0.717, 1.165) is 41.0 Å². The van der Waals surface area contributed by atoms with E-state index < -0.39 is 0 Å². The average molecular weight is 367 g/mol. The van der Waals surface area contributed by atoms with Gasteiger partial charge in [0.2, 0.25) is 0 Å². The minimum Gasteiger partial charge on any atom is -0.454 e. The third-order valence-corrected chi connectivity index (χ3v) is 4.42. The summed E-state index contributed by atoms with van der Waals surface area (Å²) in [6, 6.07) is 22.0. The fraction of sp³-hybridized carbons (Fsp3) is 0.130. The van der Waals surface area contributed by atoms with Gasteiger partial charge in [0.1, 0.15) is 5.75 Å². The van der Waals surface area contributed by atoms with Crippen LogP contribution in [0.25, 0.3) is 5.57 Å². The van der Waals surface area contributed by atoms with Crippen molar-refractivity contribution in [3.05, 3.63) is 101 Å². The highest BCUT2D eigenvalue weighted by molar-refractivity contribution is 6.30. The molecule has 0 aromatic heterocycles. The Kier molecular flexibility index (Phi) is 6.08. The number of para-hydroxylation sites is 1. The maximum absolute atomic E-state index is 14.0. The quantitative estimate of drug-likeness (QED) is 0.426. The van der Waals surface area contributed by atoms with E-state index in [1.54, 1.807) is 12.1 Å². The SMILES string of the molecule is C=C(CCCc1ccc(F)c(Oc2ccccc2)c1)c1ccc(Cl)cc1. The normalized spacial score (nSPS) is 10.5. The van der Waals surface area contributed by atoms with Gasteiger partial charge >= 0.3 is 0 Å². The zero-order valence-corrected chi connectivity index (χ0v) is 15.2. The van der Waals surface area contributed by atoms with Crippen molar-refractivity contribution < 1.29 is 9.13 Å². The van der Waals surface area contributed by atoms with Crippen LogP contribution in [0, 0.1) is 5.82 Å². The van der Waals surface area contributed by atoms with E-state index in [9.17, 15) is 4.39 Å². The minimum atomic E-state index is -0.358. The Morgan fingerprint density at radius 3 is 2.42 bits per heavy atom. The van der Waals surface area contributed by atoms with Crippen LogP contribution in [0.1, 0.15) is 24.0 Å². The molecule has 0 amide bonds. The summed E-state index contributed by atoms with van der Waals surface area (Å²) in [4.78, 5) is 0. The Labute approximate surface area is 158 Å². The predicted molar refractivity (Wildman–Crippen MR) is 106 cm³/mol. The summed E-state index contributed by atoms with van der Waals surface area (Å²) >= 11 is 5.91. The van der Waals surface area contributed by atoms with Crippen LogP contribution in [-0.2, 0) is 6.42 Å². The molecule has 3 aromatic carbocycles. The fourth-order valence-electron chi connectivity index (χ4n) is 2.73. The minimum absolute atomic E-state index is 0.255. The first-order valence-electron chi connectivity index (χ1n) is 8.57. The lowest BCUT2D eigenvalue weighted by Gasteiger charge is -2.10. The molecule has 0 N–H and O–H groups in total. The van der Waals surface area contributed by atoms with Gasteiger partial charge in [0, 0.05) is 5.02 Å². The summed E-state index contributed by atoms with van der Waals surface area (Å²) < 4.78 is 19.7. The van der Waals surface area contributed by atoms with Crippen LogP contribution in [-0.4, -0.2) is 0 Å². The lowest BCUT2D eigenvalue weighted by atomic mass is 10.00. The molecule has 0 bridgehead atoms. The molecule has 1 nitrogen and oxygen atoms in total. The van der Waals surface area contributed by atoms with Crippen LogP contribution in [0.4, 0.5) is 4.39 Å². The van der Waals surface area contributed by atoms with Gasteiger partial charge in [-0.3, -0.25) is 0 Å². The number of allylic oxidation sites excluding steroid dienone is 1. The maximum Gasteiger partial charge on any atom is 0.165 e. The summed E-state index contributed by atoms with van der Waals surface area (Å²) in [6.45, 7) is 4.15. The van der Waals surface area contributed by atoms with Crippen molar-refractivity contribution in [1.29, 1.82) is 0 Å². The molecule has 0 aliphatic rings. The smallest absolute Gasteiger partial charge is 0.165 e. The van der Waals surface area contributed by atoms with Crippen molar-refractivity contribution in [2.45, 2.75) is 19.3 Å². The standard InChI is InChI=1S/C23H20ClFO/c1-17(19-11-13-20(24)14-12-19)6-5-7-18-10-15-22(25)23(16-18)26-21-8-3-2-4-9-21/h2-4,8-16H,1,5-7H2. The van der Waals surface area contributed by atoms with Crippen LogP contribution in [0.15, 0.2) is 79.4 Å². The molecule has 0 spiro atoms. The molecular formula is C23H20ClFO. The van der Waals surface area contributed by atoms with Gasteiger partial charge in [0.25, 0.3) is 0 Å². The molecule has 0 aliphatic carbocycles. The lowest BCUT2D eigenvalue weighted by molar-refractivity contribution is 0.441. The predicted octanol–water partition coefficient (Wildman–Crippen LogP) is 7.31. The Bertz CT molecular complexity index is 872. The molecular weight excluding hydrogens is 347 g/mol. The number of aryl methyl sites for hydroxylation is 1. The topological polar surface area (TPSA) is 9.23 Å². The Morgan fingerprint density at radius 1 is 0.962 bits per heavy atom. The van der Waals surface area contributed by atoms with Gasteiger partial charge in [0.05, 0.1) is 0 Å². The molecule has 0 saturated heterocycles. The van der Waals surface area contributed by atoms with E-state index in [-0.39, 0.29) is 11.6 Å². The second-order valence-electron chi connectivity index (χ2n) is 6.14. The van der Waals surface area contributed by atoms with Crippen molar-refractivity contribution in [3.8, 4) is 11.5 Å². The first-order valence-corrected chi connectivity index (χ1v) is 8.94. The van der Waals surface area contributed by atoms with Gasteiger partial charge < -0.3 is 4.74 Å². The van der Waals surface area contributed by atoms with Gasteiger partial charge in [-0.2, -0.15) is 0 Å². The Balaban J connectivity index is 1.59. The van der Waals surface area contributed by atoms with Crippen molar-refractivity contribution in [1.82, 2.24) is 0 Å². The zero-order chi connectivity index (χ0) is 18.4. The van der Waals surface area contributed by atoms with Gasteiger partial charge in [0.15, 0.2) is 11.6 Å². The van der Waals surface area contributed by atoms with Gasteiger partial charge in [-0.15, -0.1) is 0 Å². The molecule has 3 aromatic rings. The van der Waals surface area contributed by atoms with Crippen molar-refractivity contribution in [2.75, 3.05) is 0 Å². The van der Waals surface area contributed by atoms with E-state index >= 15 is 0 Å². The van der Waals surface area contributed by atoms with E-state index in [1.165, 1.54) is 6.07 Å². The van der Waals surface area contributed by atoms with E-state index in [1.807, 2.05) is 54.6 Å². The van der Waals surface area contributed by atoms with Crippen molar-refractivity contribution in [2.24, 2.45) is 0 Å². The summed E-state index contributed by atoms with van der Waals surface area (Å²) in [6.07, 6.45) is 2.63. The third-order valence-electron chi connectivity index (χ3n) is 4.16. The number of ether oxygens (including phenoxy) is 1. The third kappa shape index (κ3) is 4.96. The number of hydrogen-bond donors (Lipinski definition) is 0. The van der Waals surface area contributed by atoms with Gasteiger partial charge in [-0.25, -0.2) is 4.39 Å². The molecule has 0 radical (unpaired) electrons. The van der Waals surface area contributed by atoms with Crippen molar-refractivity contribution in [3.63, 3.8) is 0 Å². The molecule has 26 heavy (non-hydrogen) atoms. The Morgan fingerprint density at radius 2 is 1.69 bits per heavy atom. The molecule has 0 saturated carbocycles. The second-order valence-corrected chi connectivity index (χ2v) is 6.58. The lowest BCUT2D eigenvalue weighted by Crippen LogP contribution is -1.93. The fourth-order valence-corrected chi connectivity index (χ4v) is 2.86. The monoisotopic (exact) mass is 366 g/mol. The second kappa shape index (κ2) is 8.68. The number of rotatable bonds is 7. The van der Waals surface area contributed by atoms with E-state index in [2.05, 4.69) is 6.58 Å². The summed E-state index contributed by atoms with van der Waals surface area (Å²) in [5.74, 6) is 0.521. The highest BCUT2D eigenvalue weighted by Crippen LogP contribution is 2.27. The Hall–Kier alpha value is -2.58. The van der Waals surface area contributed by atoms with Gasteiger partial charge in [-0.1, -0.05) is 54.6 Å². The van der Waals surface area contributed by atoms with Crippen LogP contribution >= 0.6 is 11.6 Å². The van der Waals surface area contributed by atoms with Crippen LogP contribution < -0.4 is 4.74 Å². The molecule has 3 heteroatoms. The average Bonchev–Trinajstić information content (AvgIpc) is 2.65. The van der Waals surface area contributed by atoms with Crippen molar-refractivity contribution >= 4 is 17.2 Å². The highest BCUT2D eigenvalue weighted by atomic mass is 35.5. The van der Waals surface area contributed by atoms with E-state index in [4.69, 9.17) is 16.3 Å². The maximum atomic E-state index is 14.0. The highest BCUT2D eigenvalue weighted by Gasteiger charge is 2.07. The summed E-state index contributed by atoms with van der Waals surface area (Å²) in [5, 5.41) is 0.721. The van der Waals surface area contributed by atoms with E-state index in [0.29, 0.717) is 5.75 Å². The van der Waals surface area contributed by atoms with Crippen LogP contribution in [0.2, 0.25) is 5.02 Å². The first kappa shape index (κ1) is 18.2. The molecule has 0 unspecified atom stereocenters. The molecule has 0 fully saturated rings. The number of benzene rings is 3.